The fourth-order valence-electron chi connectivity index (χ4n) is 1.86. The molecule has 0 aromatic carbocycles. The Bertz CT molecular complexity index is 226. The van der Waals surface area contributed by atoms with E-state index < -0.39 is 0 Å². The lowest BCUT2D eigenvalue weighted by Gasteiger charge is -2.03. The van der Waals surface area contributed by atoms with Gasteiger partial charge in [0, 0.05) is 18.4 Å². The minimum Gasteiger partial charge on any atom is -0.394 e. The van der Waals surface area contributed by atoms with E-state index in [2.05, 4.69) is 22.9 Å². The fourth-order valence-corrected chi connectivity index (χ4v) is 2.23. The van der Waals surface area contributed by atoms with Gasteiger partial charge in [-0.1, -0.05) is 15.9 Å². The fraction of sp³-hybridized carbons (Fsp3) is 1.00. The van der Waals surface area contributed by atoms with Gasteiger partial charge in [0.1, 0.15) is 0 Å². The van der Waals surface area contributed by atoms with Crippen molar-refractivity contribution in [3.8, 4) is 0 Å². The maximum absolute atomic E-state index is 8.22. The third-order valence-electron chi connectivity index (χ3n) is 3.16. The first kappa shape index (κ1) is 19.3. The van der Waals surface area contributed by atoms with Gasteiger partial charge in [-0.05, 0) is 32.6 Å². The van der Waals surface area contributed by atoms with Gasteiger partial charge >= 0.3 is 0 Å². The van der Waals surface area contributed by atoms with Crippen LogP contribution in [0.2, 0.25) is 0 Å². The van der Waals surface area contributed by atoms with Crippen LogP contribution in [0.3, 0.4) is 0 Å². The number of aliphatic hydroxyl groups is 1. The van der Waals surface area contributed by atoms with E-state index in [0.717, 1.165) is 31.6 Å². The third kappa shape index (κ3) is 11.5. The molecule has 0 aromatic rings. The highest BCUT2D eigenvalue weighted by molar-refractivity contribution is 9.09. The summed E-state index contributed by atoms with van der Waals surface area (Å²) in [7, 11) is 0. The Morgan fingerprint density at radius 1 is 1.10 bits per heavy atom. The van der Waals surface area contributed by atoms with E-state index in [1.807, 2.05) is 0 Å². The van der Waals surface area contributed by atoms with Crippen LogP contribution in [-0.4, -0.2) is 62.0 Å². The molecule has 3 rings (SSSR count). The topological polar surface area (TPSA) is 57.2 Å². The molecule has 1 aliphatic carbocycles. The highest BCUT2D eigenvalue weighted by atomic mass is 79.9. The zero-order chi connectivity index (χ0) is 15.3. The predicted molar refractivity (Wildman–Crippen MR) is 84.8 cm³/mol. The van der Waals surface area contributed by atoms with Crippen molar-refractivity contribution in [2.75, 3.05) is 38.4 Å². The lowest BCUT2D eigenvalue weighted by molar-refractivity contribution is -0.0419. The van der Waals surface area contributed by atoms with Gasteiger partial charge in [0.15, 0.2) is 6.29 Å². The van der Waals surface area contributed by atoms with Gasteiger partial charge in [0.2, 0.25) is 0 Å². The SMILES string of the molecule is BrCCC1OCCO1.CC1CCCO1.OCCOC1CC1. The molecular formula is C15H29BrO5. The van der Waals surface area contributed by atoms with Gasteiger partial charge in [-0.15, -0.1) is 0 Å². The number of rotatable bonds is 5. The third-order valence-corrected chi connectivity index (χ3v) is 3.62. The van der Waals surface area contributed by atoms with E-state index in [1.165, 1.54) is 25.7 Å². The minimum absolute atomic E-state index is 0.0642. The molecule has 2 heterocycles. The molecule has 0 bridgehead atoms. The van der Waals surface area contributed by atoms with E-state index in [9.17, 15) is 0 Å². The average Bonchev–Trinajstić information content (AvgIpc) is 2.94. The highest BCUT2D eigenvalue weighted by Gasteiger charge is 2.21. The summed E-state index contributed by atoms with van der Waals surface area (Å²) < 4.78 is 20.5. The standard InChI is InChI=1S/C5H9BrO2.C5H10O2.C5H10O/c6-2-1-5-7-3-4-8-5;6-3-4-7-5-1-2-5;1-5-3-2-4-6-5/h5H,1-4H2;5-6H,1-4H2;5H,2-4H2,1H3. The van der Waals surface area contributed by atoms with Crippen LogP contribution < -0.4 is 0 Å². The Morgan fingerprint density at radius 2 is 1.81 bits per heavy atom. The highest BCUT2D eigenvalue weighted by Crippen LogP contribution is 2.22. The van der Waals surface area contributed by atoms with Crippen molar-refractivity contribution >= 4 is 15.9 Å². The Hall–Kier alpha value is 0.280. The summed E-state index contributed by atoms with van der Waals surface area (Å²) in [6.45, 7) is 5.31. The van der Waals surface area contributed by atoms with E-state index in [4.69, 9.17) is 24.1 Å². The van der Waals surface area contributed by atoms with Gasteiger partial charge in [-0.25, -0.2) is 0 Å². The molecule has 21 heavy (non-hydrogen) atoms. The van der Waals surface area contributed by atoms with Crippen LogP contribution in [0.25, 0.3) is 0 Å². The summed E-state index contributed by atoms with van der Waals surface area (Å²) in [6.07, 6.45) is 6.98. The summed E-state index contributed by atoms with van der Waals surface area (Å²) in [6, 6.07) is 0. The Labute approximate surface area is 136 Å². The lowest BCUT2D eigenvalue weighted by Crippen LogP contribution is -2.06. The number of alkyl halides is 1. The molecule has 0 spiro atoms. The summed E-state index contributed by atoms with van der Waals surface area (Å²) in [5.41, 5.74) is 0. The van der Waals surface area contributed by atoms with Crippen LogP contribution in [0.15, 0.2) is 0 Å². The molecule has 126 valence electrons. The van der Waals surface area contributed by atoms with Gasteiger partial charge in [-0.2, -0.15) is 0 Å². The zero-order valence-corrected chi connectivity index (χ0v) is 14.6. The van der Waals surface area contributed by atoms with Gasteiger partial charge in [0.25, 0.3) is 0 Å². The Balaban J connectivity index is 0.000000159. The molecule has 2 aliphatic heterocycles. The van der Waals surface area contributed by atoms with Crippen LogP contribution in [0.1, 0.15) is 39.0 Å². The summed E-state index contributed by atoms with van der Waals surface area (Å²) in [4.78, 5) is 0. The Kier molecular flexibility index (Phi) is 11.8. The second-order valence-corrected chi connectivity index (χ2v) is 6.06. The monoisotopic (exact) mass is 368 g/mol. The molecule has 0 aromatic heterocycles. The second kappa shape index (κ2) is 12.8. The van der Waals surface area contributed by atoms with E-state index in [-0.39, 0.29) is 12.9 Å². The number of hydrogen-bond acceptors (Lipinski definition) is 5. The van der Waals surface area contributed by atoms with E-state index >= 15 is 0 Å². The van der Waals surface area contributed by atoms with Crippen molar-refractivity contribution in [1.29, 1.82) is 0 Å². The lowest BCUT2D eigenvalue weighted by atomic mass is 10.3. The number of aliphatic hydroxyl groups excluding tert-OH is 1. The molecule has 0 amide bonds. The van der Waals surface area contributed by atoms with E-state index in [1.54, 1.807) is 0 Å². The Morgan fingerprint density at radius 3 is 2.19 bits per heavy atom. The quantitative estimate of drug-likeness (QED) is 0.755. The molecule has 1 N–H and O–H groups in total. The van der Waals surface area contributed by atoms with Crippen LogP contribution in [0, 0.1) is 0 Å². The van der Waals surface area contributed by atoms with Gasteiger partial charge < -0.3 is 24.1 Å². The molecule has 2 saturated heterocycles. The largest absolute Gasteiger partial charge is 0.394 e. The first-order valence-electron chi connectivity index (χ1n) is 7.89. The van der Waals surface area contributed by atoms with Crippen LogP contribution in [0.4, 0.5) is 0 Å². The van der Waals surface area contributed by atoms with Crippen LogP contribution >= 0.6 is 15.9 Å². The van der Waals surface area contributed by atoms with Crippen molar-refractivity contribution in [2.24, 2.45) is 0 Å². The van der Waals surface area contributed by atoms with E-state index in [0.29, 0.717) is 18.8 Å². The predicted octanol–water partition coefficient (Wildman–Crippen LogP) is 2.49. The molecule has 1 atom stereocenters. The summed E-state index contributed by atoms with van der Waals surface area (Å²) in [5, 5.41) is 9.17. The van der Waals surface area contributed by atoms with Gasteiger partial charge in [-0.3, -0.25) is 0 Å². The van der Waals surface area contributed by atoms with Crippen LogP contribution in [0.5, 0.6) is 0 Å². The normalized spacial score (nSPS) is 25.0. The van der Waals surface area contributed by atoms with Crippen molar-refractivity contribution < 1.29 is 24.1 Å². The molecule has 0 radical (unpaired) electrons. The van der Waals surface area contributed by atoms with Crippen molar-refractivity contribution in [3.05, 3.63) is 0 Å². The average molecular weight is 369 g/mol. The second-order valence-electron chi connectivity index (χ2n) is 5.27. The maximum atomic E-state index is 8.22. The first-order chi connectivity index (χ1) is 10.3. The molecule has 3 fully saturated rings. The smallest absolute Gasteiger partial charge is 0.158 e. The molecule has 6 heteroatoms. The molecule has 1 saturated carbocycles. The zero-order valence-electron chi connectivity index (χ0n) is 13.0. The van der Waals surface area contributed by atoms with Crippen molar-refractivity contribution in [2.45, 2.75) is 57.5 Å². The molecule has 5 nitrogen and oxygen atoms in total. The summed E-state index contributed by atoms with van der Waals surface area (Å²) in [5.74, 6) is 0. The maximum Gasteiger partial charge on any atom is 0.158 e. The first-order valence-corrected chi connectivity index (χ1v) is 9.01. The van der Waals surface area contributed by atoms with Gasteiger partial charge in [0.05, 0.1) is 38.6 Å². The molecular weight excluding hydrogens is 340 g/mol. The number of halogens is 1. The number of ether oxygens (including phenoxy) is 4. The molecule has 3 aliphatic rings. The number of hydrogen-bond donors (Lipinski definition) is 1. The van der Waals surface area contributed by atoms with Crippen molar-refractivity contribution in [3.63, 3.8) is 0 Å². The summed E-state index contributed by atoms with van der Waals surface area (Å²) >= 11 is 3.30. The van der Waals surface area contributed by atoms with Crippen molar-refractivity contribution in [1.82, 2.24) is 0 Å². The minimum atomic E-state index is 0.0642. The molecule has 1 unspecified atom stereocenters. The van der Waals surface area contributed by atoms with Crippen LogP contribution in [-0.2, 0) is 18.9 Å².